The van der Waals surface area contributed by atoms with Gasteiger partial charge in [0.2, 0.25) is 5.78 Å². The van der Waals surface area contributed by atoms with Gasteiger partial charge in [-0.1, -0.05) is 30.3 Å². The predicted molar refractivity (Wildman–Crippen MR) is 121 cm³/mol. The fourth-order valence-electron chi connectivity index (χ4n) is 3.78. The molecule has 3 aromatic rings. The number of anilines is 1. The van der Waals surface area contributed by atoms with Crippen LogP contribution in [0, 0.1) is 0 Å². The van der Waals surface area contributed by atoms with E-state index in [-0.39, 0.29) is 11.4 Å². The standard InChI is InChI=1S/C24H21N3O7/c1-26-20(25)19(21(29)27(2)24(26)32)17(28)12-33-22(30)14-8-9-16-15(10-14)11-18(34-23(16)31)13-6-4-3-5-7-13/h3-10,18H,11-12,25H2,1-2H3/t18-/m1/s1. The Hall–Kier alpha value is -4.47. The Morgan fingerprint density at radius 3 is 2.47 bits per heavy atom. The van der Waals surface area contributed by atoms with Crippen LogP contribution in [0.5, 0.6) is 0 Å². The van der Waals surface area contributed by atoms with Gasteiger partial charge in [-0.3, -0.25) is 18.7 Å². The zero-order chi connectivity index (χ0) is 24.6. The summed E-state index contributed by atoms with van der Waals surface area (Å²) in [6, 6.07) is 13.6. The van der Waals surface area contributed by atoms with Gasteiger partial charge in [0.1, 0.15) is 17.5 Å². The number of ether oxygens (including phenoxy) is 2. The summed E-state index contributed by atoms with van der Waals surface area (Å²) in [7, 11) is 2.54. The first-order chi connectivity index (χ1) is 16.2. The number of carbonyl (C=O) groups excluding carboxylic acids is 3. The molecule has 0 fully saturated rings. The third kappa shape index (κ3) is 4.01. The first-order valence-corrected chi connectivity index (χ1v) is 10.3. The summed E-state index contributed by atoms with van der Waals surface area (Å²) in [5, 5.41) is 0. The molecule has 0 amide bonds. The predicted octanol–water partition coefficient (Wildman–Crippen LogP) is 1.16. The number of hydrogen-bond donors (Lipinski definition) is 1. The van der Waals surface area contributed by atoms with Gasteiger partial charge in [-0.2, -0.15) is 0 Å². The Kier molecular flexibility index (Phi) is 5.89. The van der Waals surface area contributed by atoms with E-state index in [9.17, 15) is 24.0 Å². The van der Waals surface area contributed by atoms with Crippen LogP contribution in [0.25, 0.3) is 0 Å². The van der Waals surface area contributed by atoms with Gasteiger partial charge in [-0.25, -0.2) is 14.4 Å². The Labute approximate surface area is 193 Å². The molecule has 2 aromatic carbocycles. The van der Waals surface area contributed by atoms with Crippen molar-refractivity contribution in [2.45, 2.75) is 12.5 Å². The molecule has 4 rings (SSSR count). The molecule has 1 atom stereocenters. The molecule has 1 aromatic heterocycles. The van der Waals surface area contributed by atoms with Crippen molar-refractivity contribution >= 4 is 23.5 Å². The fraction of sp³-hybridized carbons (Fsp3) is 0.208. The van der Waals surface area contributed by atoms with E-state index in [4.69, 9.17) is 15.2 Å². The Balaban J connectivity index is 1.52. The number of nitrogen functional groups attached to an aromatic ring is 1. The molecule has 0 radical (unpaired) electrons. The van der Waals surface area contributed by atoms with E-state index in [0.29, 0.717) is 17.5 Å². The number of cyclic esters (lactones) is 1. The topological polar surface area (TPSA) is 140 Å². The van der Waals surface area contributed by atoms with Crippen molar-refractivity contribution in [2.75, 3.05) is 12.3 Å². The largest absolute Gasteiger partial charge is 0.454 e. The van der Waals surface area contributed by atoms with Crippen molar-refractivity contribution in [1.29, 1.82) is 0 Å². The Morgan fingerprint density at radius 1 is 1.06 bits per heavy atom. The number of Topliss-reactive ketones (excluding diaryl/α,β-unsaturated/α-hetero) is 1. The average molecular weight is 463 g/mol. The molecule has 2 N–H and O–H groups in total. The quantitative estimate of drug-likeness (QED) is 0.439. The number of carbonyl (C=O) groups is 3. The minimum atomic E-state index is -0.874. The summed E-state index contributed by atoms with van der Waals surface area (Å²) in [6.07, 6.45) is -0.117. The molecule has 0 bridgehead atoms. The smallest absolute Gasteiger partial charge is 0.339 e. The number of nitrogens with zero attached hydrogens (tertiary/aromatic N) is 2. The number of aromatic nitrogens is 2. The lowest BCUT2D eigenvalue weighted by atomic mass is 9.93. The lowest BCUT2D eigenvalue weighted by Crippen LogP contribution is -2.42. The number of nitrogens with two attached hydrogens (primary N) is 1. The first-order valence-electron chi connectivity index (χ1n) is 10.3. The van der Waals surface area contributed by atoms with Gasteiger partial charge in [-0.15, -0.1) is 0 Å². The van der Waals surface area contributed by atoms with Crippen molar-refractivity contribution in [3.05, 3.63) is 97.2 Å². The maximum atomic E-state index is 12.6. The fourth-order valence-corrected chi connectivity index (χ4v) is 3.78. The second kappa shape index (κ2) is 8.81. The number of hydrogen-bond acceptors (Lipinski definition) is 8. The summed E-state index contributed by atoms with van der Waals surface area (Å²) < 4.78 is 12.3. The van der Waals surface area contributed by atoms with E-state index in [2.05, 4.69) is 0 Å². The first kappa shape index (κ1) is 22.7. The molecule has 0 saturated heterocycles. The molecule has 10 heteroatoms. The highest BCUT2D eigenvalue weighted by Crippen LogP contribution is 2.31. The third-order valence-corrected chi connectivity index (χ3v) is 5.71. The maximum absolute atomic E-state index is 12.6. The van der Waals surface area contributed by atoms with Crippen molar-refractivity contribution in [3.8, 4) is 0 Å². The second-order valence-corrected chi connectivity index (χ2v) is 7.85. The zero-order valence-electron chi connectivity index (χ0n) is 18.4. The number of esters is 2. The number of ketones is 1. The minimum Gasteiger partial charge on any atom is -0.454 e. The molecule has 0 aliphatic carbocycles. The van der Waals surface area contributed by atoms with Crippen molar-refractivity contribution in [3.63, 3.8) is 0 Å². The lowest BCUT2D eigenvalue weighted by Gasteiger charge is -2.25. The normalized spacial score (nSPS) is 14.8. The van der Waals surface area contributed by atoms with Crippen LogP contribution in [0.4, 0.5) is 5.82 Å². The highest BCUT2D eigenvalue weighted by atomic mass is 16.5. The van der Waals surface area contributed by atoms with Gasteiger partial charge in [0, 0.05) is 20.5 Å². The highest BCUT2D eigenvalue weighted by molar-refractivity contribution is 6.02. The molecule has 34 heavy (non-hydrogen) atoms. The maximum Gasteiger partial charge on any atom is 0.339 e. The molecular formula is C24H21N3O7. The monoisotopic (exact) mass is 463 g/mol. The molecule has 10 nitrogen and oxygen atoms in total. The van der Waals surface area contributed by atoms with Crippen LogP contribution in [0.3, 0.4) is 0 Å². The van der Waals surface area contributed by atoms with Crippen LogP contribution in [0.1, 0.15) is 48.3 Å². The van der Waals surface area contributed by atoms with Crippen LogP contribution in [0.15, 0.2) is 58.1 Å². The lowest BCUT2D eigenvalue weighted by molar-refractivity contribution is 0.0251. The summed E-state index contributed by atoms with van der Waals surface area (Å²) in [5.41, 5.74) is 5.70. The van der Waals surface area contributed by atoms with E-state index in [1.807, 2.05) is 30.3 Å². The van der Waals surface area contributed by atoms with E-state index < -0.39 is 47.2 Å². The Bertz CT molecular complexity index is 1440. The Morgan fingerprint density at radius 2 is 1.76 bits per heavy atom. The summed E-state index contributed by atoms with van der Waals surface area (Å²) >= 11 is 0. The van der Waals surface area contributed by atoms with E-state index >= 15 is 0 Å². The average Bonchev–Trinajstić information content (AvgIpc) is 2.85. The summed E-state index contributed by atoms with van der Waals surface area (Å²) in [6.45, 7) is -0.748. The van der Waals surface area contributed by atoms with Crippen LogP contribution in [-0.2, 0) is 30.0 Å². The van der Waals surface area contributed by atoms with E-state index in [0.717, 1.165) is 14.7 Å². The number of rotatable bonds is 5. The second-order valence-electron chi connectivity index (χ2n) is 7.85. The summed E-state index contributed by atoms with van der Waals surface area (Å²) in [5.74, 6) is -2.46. The van der Waals surface area contributed by atoms with Gasteiger partial charge >= 0.3 is 17.6 Å². The van der Waals surface area contributed by atoms with Crippen LogP contribution >= 0.6 is 0 Å². The molecule has 174 valence electrons. The molecule has 1 aliphatic rings. The van der Waals surface area contributed by atoms with Crippen LogP contribution in [-0.4, -0.2) is 33.5 Å². The van der Waals surface area contributed by atoms with Crippen LogP contribution < -0.4 is 17.0 Å². The SMILES string of the molecule is Cn1c(N)c(C(=O)COC(=O)c2ccc3c(c2)C[C@H](c2ccccc2)OC3=O)c(=O)n(C)c1=O. The summed E-state index contributed by atoms with van der Waals surface area (Å²) in [4.78, 5) is 61.8. The third-order valence-electron chi connectivity index (χ3n) is 5.71. The van der Waals surface area contributed by atoms with Gasteiger partial charge in [0.25, 0.3) is 5.56 Å². The number of benzene rings is 2. The van der Waals surface area contributed by atoms with E-state index in [1.165, 1.54) is 32.3 Å². The van der Waals surface area contributed by atoms with Gasteiger partial charge in [0.05, 0.1) is 11.1 Å². The van der Waals surface area contributed by atoms with Gasteiger partial charge < -0.3 is 15.2 Å². The van der Waals surface area contributed by atoms with Crippen molar-refractivity contribution in [1.82, 2.24) is 9.13 Å². The minimum absolute atomic E-state index is 0.134. The molecule has 2 heterocycles. The molecule has 0 saturated carbocycles. The van der Waals surface area contributed by atoms with Gasteiger partial charge in [0.15, 0.2) is 6.61 Å². The zero-order valence-corrected chi connectivity index (χ0v) is 18.4. The van der Waals surface area contributed by atoms with E-state index in [1.54, 1.807) is 0 Å². The molecule has 0 spiro atoms. The van der Waals surface area contributed by atoms with Crippen molar-refractivity contribution in [2.24, 2.45) is 14.1 Å². The highest BCUT2D eigenvalue weighted by Gasteiger charge is 2.28. The number of fused-ring (bicyclic) bond motifs is 1. The molecule has 1 aliphatic heterocycles. The molecule has 0 unspecified atom stereocenters. The van der Waals surface area contributed by atoms with Gasteiger partial charge in [-0.05, 0) is 29.3 Å². The van der Waals surface area contributed by atoms with Crippen LogP contribution in [0.2, 0.25) is 0 Å². The molecular weight excluding hydrogens is 442 g/mol. The van der Waals surface area contributed by atoms with Crippen molar-refractivity contribution < 1.29 is 23.9 Å².